The molecule has 0 aliphatic heterocycles. The van der Waals surface area contributed by atoms with Crippen molar-refractivity contribution in [3.63, 3.8) is 0 Å². The number of hydrogen-bond acceptors (Lipinski definition) is 3. The van der Waals surface area contributed by atoms with E-state index in [1.54, 1.807) is 6.92 Å². The maximum Gasteiger partial charge on any atom is 0.328 e. The van der Waals surface area contributed by atoms with Crippen molar-refractivity contribution >= 4 is 23.5 Å². The molecule has 1 N–H and O–H groups in total. The molecule has 0 aliphatic rings. The largest absolute Gasteiger partial charge is 0.467 e. The fourth-order valence-electron chi connectivity index (χ4n) is 0.703. The smallest absolute Gasteiger partial charge is 0.328 e. The second-order valence-corrected chi connectivity index (χ2v) is 2.45. The van der Waals surface area contributed by atoms with E-state index in [0.29, 0.717) is 6.42 Å². The van der Waals surface area contributed by atoms with Gasteiger partial charge in [0.1, 0.15) is 11.9 Å². The van der Waals surface area contributed by atoms with Crippen molar-refractivity contribution in [1.29, 1.82) is 0 Å². The molecule has 0 aromatic heterocycles. The highest BCUT2D eigenvalue weighted by molar-refractivity contribution is 6.27. The van der Waals surface area contributed by atoms with Crippen LogP contribution in [0.4, 0.5) is 0 Å². The lowest BCUT2D eigenvalue weighted by Crippen LogP contribution is -2.41. The molecule has 1 atom stereocenters. The minimum absolute atomic E-state index is 0.145. The number of esters is 1. The van der Waals surface area contributed by atoms with Gasteiger partial charge >= 0.3 is 5.97 Å². The van der Waals surface area contributed by atoms with Gasteiger partial charge in [0.2, 0.25) is 5.91 Å². The highest BCUT2D eigenvalue weighted by atomic mass is 35.5. The quantitative estimate of drug-likeness (QED) is 0.516. The zero-order valence-corrected chi connectivity index (χ0v) is 7.85. The molecule has 12 heavy (non-hydrogen) atoms. The Kier molecular flexibility index (Phi) is 5.45. The van der Waals surface area contributed by atoms with Crippen LogP contribution in [-0.2, 0) is 14.3 Å². The summed E-state index contributed by atoms with van der Waals surface area (Å²) >= 11 is 5.24. The summed E-state index contributed by atoms with van der Waals surface area (Å²) < 4.78 is 4.45. The molecule has 1 amide bonds. The third-order valence-corrected chi connectivity index (χ3v) is 1.59. The zero-order chi connectivity index (χ0) is 9.56. The van der Waals surface area contributed by atoms with Gasteiger partial charge in [0.25, 0.3) is 0 Å². The number of nitrogens with one attached hydrogen (secondary N) is 1. The molecular weight excluding hydrogens is 182 g/mol. The van der Waals surface area contributed by atoms with Gasteiger partial charge in [-0.25, -0.2) is 4.79 Å². The summed E-state index contributed by atoms with van der Waals surface area (Å²) in [6, 6.07) is -0.582. The molecule has 5 heteroatoms. The summed E-state index contributed by atoms with van der Waals surface area (Å²) in [7, 11) is 1.28. The summed E-state index contributed by atoms with van der Waals surface area (Å²) in [6.07, 6.45) is 0.495. The van der Waals surface area contributed by atoms with Crippen molar-refractivity contribution in [1.82, 2.24) is 5.32 Å². The first-order valence-electron chi connectivity index (χ1n) is 3.58. The zero-order valence-electron chi connectivity index (χ0n) is 7.09. The highest BCUT2D eigenvalue weighted by Gasteiger charge is 2.18. The van der Waals surface area contributed by atoms with Crippen LogP contribution in [0.15, 0.2) is 0 Å². The summed E-state index contributed by atoms with van der Waals surface area (Å²) in [5.74, 6) is -0.960. The number of rotatable bonds is 4. The average Bonchev–Trinajstić information content (AvgIpc) is 2.12. The molecule has 0 spiro atoms. The monoisotopic (exact) mass is 193 g/mol. The van der Waals surface area contributed by atoms with Gasteiger partial charge in [-0.15, -0.1) is 11.6 Å². The minimum atomic E-state index is -0.582. The maximum atomic E-state index is 10.9. The fourth-order valence-corrected chi connectivity index (χ4v) is 0.780. The Labute approximate surface area is 76.2 Å². The van der Waals surface area contributed by atoms with Crippen molar-refractivity contribution in [2.75, 3.05) is 13.0 Å². The molecule has 0 saturated carbocycles. The van der Waals surface area contributed by atoms with Crippen molar-refractivity contribution < 1.29 is 14.3 Å². The number of amides is 1. The van der Waals surface area contributed by atoms with Gasteiger partial charge < -0.3 is 10.1 Å². The van der Waals surface area contributed by atoms with Crippen LogP contribution in [0.25, 0.3) is 0 Å². The lowest BCUT2D eigenvalue weighted by atomic mass is 10.2. The molecule has 0 aromatic rings. The fraction of sp³-hybridized carbons (Fsp3) is 0.714. The average molecular weight is 194 g/mol. The van der Waals surface area contributed by atoms with E-state index >= 15 is 0 Å². The van der Waals surface area contributed by atoms with Crippen molar-refractivity contribution in [3.05, 3.63) is 0 Å². The normalized spacial score (nSPS) is 11.9. The first kappa shape index (κ1) is 11.2. The lowest BCUT2D eigenvalue weighted by molar-refractivity contribution is -0.144. The summed E-state index contributed by atoms with van der Waals surface area (Å²) in [5, 5.41) is 2.42. The number of methoxy groups -OCH3 is 1. The molecule has 0 saturated heterocycles. The second-order valence-electron chi connectivity index (χ2n) is 2.19. The Hall–Kier alpha value is -0.770. The van der Waals surface area contributed by atoms with Crippen LogP contribution in [0, 0.1) is 0 Å². The number of halogens is 1. The van der Waals surface area contributed by atoms with Crippen molar-refractivity contribution in [3.8, 4) is 0 Å². The van der Waals surface area contributed by atoms with Crippen LogP contribution in [0.1, 0.15) is 13.3 Å². The van der Waals surface area contributed by atoms with E-state index in [-0.39, 0.29) is 11.8 Å². The minimum Gasteiger partial charge on any atom is -0.467 e. The topological polar surface area (TPSA) is 55.4 Å². The Morgan fingerprint density at radius 1 is 1.58 bits per heavy atom. The van der Waals surface area contributed by atoms with Gasteiger partial charge in [-0.05, 0) is 6.42 Å². The van der Waals surface area contributed by atoms with E-state index in [4.69, 9.17) is 11.6 Å². The maximum absolute atomic E-state index is 10.9. The van der Waals surface area contributed by atoms with E-state index < -0.39 is 12.0 Å². The third kappa shape index (κ3) is 3.57. The molecule has 0 aromatic carbocycles. The third-order valence-electron chi connectivity index (χ3n) is 1.35. The highest BCUT2D eigenvalue weighted by Crippen LogP contribution is 1.93. The van der Waals surface area contributed by atoms with Crippen molar-refractivity contribution in [2.45, 2.75) is 19.4 Å². The Morgan fingerprint density at radius 2 is 2.17 bits per heavy atom. The van der Waals surface area contributed by atoms with Gasteiger partial charge in [-0.2, -0.15) is 0 Å². The number of carbonyl (C=O) groups is 2. The predicted octanol–water partition coefficient (Wildman–Crippen LogP) is 0.293. The van der Waals surface area contributed by atoms with Crippen LogP contribution in [0.3, 0.4) is 0 Å². The van der Waals surface area contributed by atoms with E-state index in [9.17, 15) is 9.59 Å². The molecule has 0 aliphatic carbocycles. The molecular formula is C7H12ClNO3. The van der Waals surface area contributed by atoms with Crippen LogP contribution in [-0.4, -0.2) is 30.9 Å². The van der Waals surface area contributed by atoms with Crippen LogP contribution in [0.2, 0.25) is 0 Å². The first-order valence-corrected chi connectivity index (χ1v) is 4.12. The second kappa shape index (κ2) is 5.83. The Balaban J connectivity index is 3.99. The lowest BCUT2D eigenvalue weighted by Gasteiger charge is -2.12. The molecule has 0 fully saturated rings. The van der Waals surface area contributed by atoms with Crippen molar-refractivity contribution in [2.24, 2.45) is 0 Å². The van der Waals surface area contributed by atoms with Crippen LogP contribution >= 0.6 is 11.6 Å². The molecule has 0 heterocycles. The number of ether oxygens (including phenoxy) is 1. The predicted molar refractivity (Wildman–Crippen MR) is 45.0 cm³/mol. The van der Waals surface area contributed by atoms with Crippen LogP contribution in [0.5, 0.6) is 0 Å². The van der Waals surface area contributed by atoms with Gasteiger partial charge in [-0.1, -0.05) is 6.92 Å². The molecule has 0 bridgehead atoms. The Bertz CT molecular complexity index is 172. The molecule has 4 nitrogen and oxygen atoms in total. The molecule has 0 radical (unpaired) electrons. The standard InChI is InChI=1S/C7H12ClNO3/c1-3-5(7(11)12-2)9-6(10)4-8/h5H,3-4H2,1-2H3,(H,9,10)/t5-/m1/s1. The number of carbonyl (C=O) groups excluding carboxylic acids is 2. The number of alkyl halides is 1. The molecule has 0 unspecified atom stereocenters. The summed E-state index contributed by atoms with van der Waals surface area (Å²) in [5.41, 5.74) is 0. The van der Waals surface area contributed by atoms with Crippen LogP contribution < -0.4 is 5.32 Å². The molecule has 0 rings (SSSR count). The van der Waals surface area contributed by atoms with Gasteiger partial charge in [0.15, 0.2) is 0 Å². The van der Waals surface area contributed by atoms with E-state index in [1.807, 2.05) is 0 Å². The van der Waals surface area contributed by atoms with Gasteiger partial charge in [0, 0.05) is 0 Å². The Morgan fingerprint density at radius 3 is 2.50 bits per heavy atom. The van der Waals surface area contributed by atoms with E-state index in [2.05, 4.69) is 10.1 Å². The van der Waals surface area contributed by atoms with E-state index in [1.165, 1.54) is 7.11 Å². The summed E-state index contributed by atoms with van der Waals surface area (Å²) in [6.45, 7) is 1.77. The van der Waals surface area contributed by atoms with Gasteiger partial charge in [-0.3, -0.25) is 4.79 Å². The van der Waals surface area contributed by atoms with Gasteiger partial charge in [0.05, 0.1) is 7.11 Å². The SMILES string of the molecule is CC[C@@H](NC(=O)CCl)C(=O)OC. The number of hydrogen-bond donors (Lipinski definition) is 1. The summed E-state index contributed by atoms with van der Waals surface area (Å²) in [4.78, 5) is 21.7. The first-order chi connectivity index (χ1) is 5.65. The molecule has 70 valence electrons. The van der Waals surface area contributed by atoms with E-state index in [0.717, 1.165) is 0 Å².